The Morgan fingerprint density at radius 1 is 0.864 bits per heavy atom. The van der Waals surface area contributed by atoms with Crippen molar-refractivity contribution in [3.8, 4) is 0 Å². The van der Waals surface area contributed by atoms with E-state index < -0.39 is 6.10 Å². The molecule has 3 atom stereocenters. The number of aliphatic hydroxyl groups is 1. The maximum atomic E-state index is 11.5. The number of unbranched alkanes of at least 4 members (excludes halogenated alkanes) is 11. The smallest absolute Gasteiger partial charge is 0.312 e. The molecule has 1 rings (SSSR count). The Bertz CT molecular complexity index is 290. The van der Waals surface area contributed by atoms with Crippen molar-refractivity contribution in [1.82, 2.24) is 0 Å². The van der Waals surface area contributed by atoms with E-state index in [2.05, 4.69) is 6.92 Å². The average Bonchev–Trinajstić information content (AvgIpc) is 2.74. The lowest BCUT2D eigenvalue weighted by Gasteiger charge is -2.11. The van der Waals surface area contributed by atoms with Crippen molar-refractivity contribution in [3.63, 3.8) is 0 Å². The minimum atomic E-state index is -0.597. The zero-order valence-electron chi connectivity index (χ0n) is 14.7. The zero-order chi connectivity index (χ0) is 16.2. The van der Waals surface area contributed by atoms with Gasteiger partial charge in [0.25, 0.3) is 0 Å². The second-order valence-electron chi connectivity index (χ2n) is 6.92. The second kappa shape index (κ2) is 11.9. The van der Waals surface area contributed by atoms with Crippen LogP contribution in [0.15, 0.2) is 0 Å². The van der Waals surface area contributed by atoms with E-state index in [4.69, 9.17) is 4.74 Å². The van der Waals surface area contributed by atoms with Crippen LogP contribution in [0.25, 0.3) is 0 Å². The van der Waals surface area contributed by atoms with Gasteiger partial charge in [0, 0.05) is 0 Å². The highest BCUT2D eigenvalue weighted by molar-refractivity contribution is 5.75. The molecule has 1 fully saturated rings. The Kier molecular flexibility index (Phi) is 10.6. The summed E-state index contributed by atoms with van der Waals surface area (Å²) in [6, 6.07) is 0. The van der Waals surface area contributed by atoms with Crippen LogP contribution in [-0.4, -0.2) is 23.3 Å². The molecule has 1 heterocycles. The van der Waals surface area contributed by atoms with E-state index in [-0.39, 0.29) is 18.0 Å². The third-order valence-electron chi connectivity index (χ3n) is 4.87. The van der Waals surface area contributed by atoms with Crippen molar-refractivity contribution in [2.45, 2.75) is 110 Å². The Morgan fingerprint density at radius 2 is 1.32 bits per heavy atom. The van der Waals surface area contributed by atoms with Crippen molar-refractivity contribution in [2.75, 3.05) is 0 Å². The molecular formula is C19H36O3. The van der Waals surface area contributed by atoms with Gasteiger partial charge in [-0.3, -0.25) is 4.79 Å². The van der Waals surface area contributed by atoms with E-state index in [9.17, 15) is 9.90 Å². The first-order chi connectivity index (χ1) is 10.7. The predicted octanol–water partition coefficient (Wildman–Crippen LogP) is 5.00. The highest BCUT2D eigenvalue weighted by atomic mass is 16.6. The fourth-order valence-electron chi connectivity index (χ4n) is 3.30. The molecule has 3 nitrogen and oxygen atoms in total. The van der Waals surface area contributed by atoms with E-state index in [0.29, 0.717) is 0 Å². The number of carbonyl (C=O) groups is 1. The highest BCUT2D eigenvalue weighted by Crippen LogP contribution is 2.26. The normalized spacial score (nSPS) is 24.7. The number of cyclic esters (lactones) is 1. The Hall–Kier alpha value is -0.570. The largest absolute Gasteiger partial charge is 0.460 e. The van der Waals surface area contributed by atoms with E-state index in [1.54, 1.807) is 6.92 Å². The summed E-state index contributed by atoms with van der Waals surface area (Å²) in [6.07, 6.45) is 15.7. The van der Waals surface area contributed by atoms with Crippen LogP contribution in [0.4, 0.5) is 0 Å². The highest BCUT2D eigenvalue weighted by Gasteiger charge is 2.40. The number of esters is 1. The third kappa shape index (κ3) is 7.62. The molecule has 0 aromatic heterocycles. The first-order valence-electron chi connectivity index (χ1n) is 9.55. The van der Waals surface area contributed by atoms with Crippen LogP contribution in [0.5, 0.6) is 0 Å². The van der Waals surface area contributed by atoms with Gasteiger partial charge in [0.2, 0.25) is 0 Å². The summed E-state index contributed by atoms with van der Waals surface area (Å²) in [5, 5.41) is 9.86. The molecule has 3 heteroatoms. The van der Waals surface area contributed by atoms with Crippen molar-refractivity contribution >= 4 is 5.97 Å². The number of ether oxygens (including phenoxy) is 1. The molecule has 0 aliphatic carbocycles. The van der Waals surface area contributed by atoms with Crippen LogP contribution in [-0.2, 0) is 9.53 Å². The van der Waals surface area contributed by atoms with Gasteiger partial charge in [-0.1, -0.05) is 84.0 Å². The monoisotopic (exact) mass is 312 g/mol. The van der Waals surface area contributed by atoms with Gasteiger partial charge in [-0.25, -0.2) is 0 Å². The van der Waals surface area contributed by atoms with Crippen LogP contribution >= 0.6 is 0 Å². The van der Waals surface area contributed by atoms with Crippen LogP contribution < -0.4 is 0 Å². The van der Waals surface area contributed by atoms with Gasteiger partial charge in [-0.05, 0) is 13.3 Å². The fraction of sp³-hybridized carbons (Fsp3) is 0.947. The Balaban J connectivity index is 1.85. The maximum absolute atomic E-state index is 11.5. The molecule has 1 N–H and O–H groups in total. The van der Waals surface area contributed by atoms with Gasteiger partial charge >= 0.3 is 5.97 Å². The van der Waals surface area contributed by atoms with Crippen molar-refractivity contribution in [2.24, 2.45) is 5.92 Å². The van der Waals surface area contributed by atoms with Crippen LogP contribution in [0.2, 0.25) is 0 Å². The van der Waals surface area contributed by atoms with Crippen LogP contribution in [0, 0.1) is 5.92 Å². The lowest BCUT2D eigenvalue weighted by molar-refractivity contribution is -0.143. The standard InChI is InChI=1S/C19H36O3/c1-3-4-5-6-7-8-9-10-11-12-13-14-15-17-18(20)16(2)22-19(17)21/h16-18,20H,3-15H2,1-2H3/t16-,17-,18+/m0/s1. The Morgan fingerprint density at radius 3 is 1.73 bits per heavy atom. The molecule has 1 aliphatic heterocycles. The molecule has 0 saturated carbocycles. The molecule has 0 spiro atoms. The maximum Gasteiger partial charge on any atom is 0.312 e. The SMILES string of the molecule is CCCCCCCCCCCCCC[C@@H]1C(=O)O[C@@H](C)[C@H]1O. The number of aliphatic hydroxyl groups excluding tert-OH is 1. The van der Waals surface area contributed by atoms with Gasteiger partial charge in [0.1, 0.15) is 12.2 Å². The molecule has 0 unspecified atom stereocenters. The molecule has 22 heavy (non-hydrogen) atoms. The summed E-state index contributed by atoms with van der Waals surface area (Å²) < 4.78 is 5.05. The molecule has 0 bridgehead atoms. The van der Waals surface area contributed by atoms with E-state index in [1.165, 1.54) is 70.6 Å². The summed E-state index contributed by atoms with van der Waals surface area (Å²) >= 11 is 0. The summed E-state index contributed by atoms with van der Waals surface area (Å²) in [5.74, 6) is -0.485. The van der Waals surface area contributed by atoms with Gasteiger partial charge < -0.3 is 9.84 Å². The summed E-state index contributed by atoms with van der Waals surface area (Å²) in [5.41, 5.74) is 0. The third-order valence-corrected chi connectivity index (χ3v) is 4.87. The number of hydrogen-bond donors (Lipinski definition) is 1. The number of rotatable bonds is 13. The number of carbonyl (C=O) groups excluding carboxylic acids is 1. The molecule has 0 aromatic rings. The van der Waals surface area contributed by atoms with Crippen LogP contribution in [0.1, 0.15) is 97.3 Å². The van der Waals surface area contributed by atoms with Gasteiger partial charge in [0.15, 0.2) is 0 Å². The minimum Gasteiger partial charge on any atom is -0.460 e. The first-order valence-corrected chi connectivity index (χ1v) is 9.55. The van der Waals surface area contributed by atoms with Gasteiger partial charge in [0.05, 0.1) is 5.92 Å². The lowest BCUT2D eigenvalue weighted by Crippen LogP contribution is -2.24. The summed E-state index contributed by atoms with van der Waals surface area (Å²) in [6.45, 7) is 4.03. The number of hydrogen-bond acceptors (Lipinski definition) is 3. The fourth-order valence-corrected chi connectivity index (χ4v) is 3.30. The topological polar surface area (TPSA) is 46.5 Å². The average molecular weight is 312 g/mol. The van der Waals surface area contributed by atoms with Crippen molar-refractivity contribution in [3.05, 3.63) is 0 Å². The second-order valence-corrected chi connectivity index (χ2v) is 6.92. The molecule has 130 valence electrons. The van der Waals surface area contributed by atoms with Crippen molar-refractivity contribution in [1.29, 1.82) is 0 Å². The van der Waals surface area contributed by atoms with Crippen LogP contribution in [0.3, 0.4) is 0 Å². The zero-order valence-corrected chi connectivity index (χ0v) is 14.7. The summed E-state index contributed by atoms with van der Waals surface area (Å²) in [7, 11) is 0. The van der Waals surface area contributed by atoms with Crippen molar-refractivity contribution < 1.29 is 14.6 Å². The molecule has 0 radical (unpaired) electrons. The minimum absolute atomic E-state index is 0.205. The first kappa shape index (κ1) is 19.5. The van der Waals surface area contributed by atoms with Gasteiger partial charge in [-0.2, -0.15) is 0 Å². The van der Waals surface area contributed by atoms with Gasteiger partial charge in [-0.15, -0.1) is 0 Å². The van der Waals surface area contributed by atoms with E-state index in [1.807, 2.05) is 0 Å². The molecule has 0 amide bonds. The Labute approximate surface area is 136 Å². The quantitative estimate of drug-likeness (QED) is 0.384. The molecule has 1 aliphatic rings. The summed E-state index contributed by atoms with van der Waals surface area (Å²) in [4.78, 5) is 11.5. The lowest BCUT2D eigenvalue weighted by atomic mass is 9.95. The predicted molar refractivity (Wildman–Crippen MR) is 90.7 cm³/mol. The van der Waals surface area contributed by atoms with E-state index >= 15 is 0 Å². The molecular weight excluding hydrogens is 276 g/mol. The molecule has 0 aromatic carbocycles. The molecule has 1 saturated heterocycles. The van der Waals surface area contributed by atoms with E-state index in [0.717, 1.165) is 12.8 Å².